The third kappa shape index (κ3) is 2.11. The van der Waals surface area contributed by atoms with E-state index in [-0.39, 0.29) is 18.7 Å². The molecule has 2 aromatic rings. The molecule has 0 spiro atoms. The molecule has 1 N–H and O–H groups in total. The molecule has 1 aliphatic heterocycles. The molecule has 1 aliphatic carbocycles. The summed E-state index contributed by atoms with van der Waals surface area (Å²) in [4.78, 5) is 25.9. The molecule has 0 aromatic heterocycles. The van der Waals surface area contributed by atoms with E-state index in [4.69, 9.17) is 4.74 Å². The number of fused-ring (bicyclic) bond motifs is 3. The predicted molar refractivity (Wildman–Crippen MR) is 84.6 cm³/mol. The Kier molecular flexibility index (Phi) is 3.31. The van der Waals surface area contributed by atoms with E-state index in [1.54, 1.807) is 11.0 Å². The van der Waals surface area contributed by atoms with Gasteiger partial charge in [-0.2, -0.15) is 0 Å². The van der Waals surface area contributed by atoms with Crippen LogP contribution in [0.15, 0.2) is 30.3 Å². The van der Waals surface area contributed by atoms with E-state index < -0.39 is 6.10 Å². The fraction of sp³-hybridized carbons (Fsp3) is 0.333. The Hall–Kier alpha value is -2.40. The van der Waals surface area contributed by atoms with Crippen LogP contribution in [-0.2, 0) is 0 Å². The summed E-state index contributed by atoms with van der Waals surface area (Å²) >= 11 is 0. The van der Waals surface area contributed by atoms with E-state index in [1.807, 2.05) is 24.3 Å². The maximum atomic E-state index is 12.9. The SMILES string of the molecule is O=Cc1cc2c(c3ccccc13)OCN([C@H]1CCC[C@@H]1O)C2=O. The molecule has 2 atom stereocenters. The fourth-order valence-electron chi connectivity index (χ4n) is 3.67. The molecule has 118 valence electrons. The molecule has 0 unspecified atom stereocenters. The van der Waals surface area contributed by atoms with Crippen molar-refractivity contribution in [1.82, 2.24) is 4.90 Å². The van der Waals surface area contributed by atoms with E-state index in [0.717, 1.165) is 29.9 Å². The summed E-state index contributed by atoms with van der Waals surface area (Å²) < 4.78 is 5.86. The number of carbonyl (C=O) groups is 2. The molecule has 5 nitrogen and oxygen atoms in total. The van der Waals surface area contributed by atoms with Crippen LogP contribution in [0.25, 0.3) is 10.8 Å². The molecular formula is C18H17NO4. The Morgan fingerprint density at radius 2 is 2.00 bits per heavy atom. The number of hydrogen-bond acceptors (Lipinski definition) is 4. The largest absolute Gasteiger partial charge is 0.472 e. The Morgan fingerprint density at radius 3 is 2.70 bits per heavy atom. The normalized spacial score (nSPS) is 23.7. The van der Waals surface area contributed by atoms with Gasteiger partial charge < -0.3 is 9.84 Å². The lowest BCUT2D eigenvalue weighted by Crippen LogP contribution is -2.48. The van der Waals surface area contributed by atoms with E-state index in [0.29, 0.717) is 23.3 Å². The van der Waals surface area contributed by atoms with Crippen LogP contribution in [-0.4, -0.2) is 41.1 Å². The summed E-state index contributed by atoms with van der Waals surface area (Å²) in [5.41, 5.74) is 0.876. The lowest BCUT2D eigenvalue weighted by atomic mass is 9.98. The number of hydrogen-bond donors (Lipinski definition) is 1. The smallest absolute Gasteiger partial charge is 0.260 e. The van der Waals surface area contributed by atoms with Gasteiger partial charge in [-0.25, -0.2) is 0 Å². The summed E-state index contributed by atoms with van der Waals surface area (Å²) in [6.07, 6.45) is 2.65. The summed E-state index contributed by atoms with van der Waals surface area (Å²) in [6.45, 7) is 0.137. The average Bonchev–Trinajstić information content (AvgIpc) is 3.00. The van der Waals surface area contributed by atoms with E-state index in [2.05, 4.69) is 0 Å². The molecule has 5 heteroatoms. The molecule has 23 heavy (non-hydrogen) atoms. The molecule has 2 aliphatic rings. The minimum atomic E-state index is -0.505. The van der Waals surface area contributed by atoms with Gasteiger partial charge in [0.25, 0.3) is 5.91 Å². The molecule has 2 aromatic carbocycles. The van der Waals surface area contributed by atoms with Crippen molar-refractivity contribution >= 4 is 23.0 Å². The number of amides is 1. The molecule has 4 rings (SSSR count). The summed E-state index contributed by atoms with van der Waals surface area (Å²) in [7, 11) is 0. The first kappa shape index (κ1) is 14.2. The molecule has 0 bridgehead atoms. The molecule has 1 saturated carbocycles. The molecule has 0 radical (unpaired) electrons. The Bertz CT molecular complexity index is 801. The lowest BCUT2D eigenvalue weighted by Gasteiger charge is -2.35. The van der Waals surface area contributed by atoms with Gasteiger partial charge in [0.2, 0.25) is 0 Å². The van der Waals surface area contributed by atoms with Gasteiger partial charge in [-0.3, -0.25) is 14.5 Å². The third-order valence-corrected chi connectivity index (χ3v) is 4.84. The number of rotatable bonds is 2. The van der Waals surface area contributed by atoms with Crippen molar-refractivity contribution in [2.75, 3.05) is 6.73 Å². The summed E-state index contributed by atoms with van der Waals surface area (Å²) in [6, 6.07) is 8.81. The quantitative estimate of drug-likeness (QED) is 0.865. The zero-order valence-corrected chi connectivity index (χ0v) is 12.6. The average molecular weight is 311 g/mol. The maximum Gasteiger partial charge on any atom is 0.260 e. The van der Waals surface area contributed by atoms with Gasteiger partial charge in [-0.1, -0.05) is 24.3 Å². The third-order valence-electron chi connectivity index (χ3n) is 4.84. The van der Waals surface area contributed by atoms with Crippen LogP contribution in [0.1, 0.15) is 40.0 Å². The van der Waals surface area contributed by atoms with Crippen LogP contribution < -0.4 is 4.74 Å². The van der Waals surface area contributed by atoms with Gasteiger partial charge in [-0.15, -0.1) is 0 Å². The van der Waals surface area contributed by atoms with Crippen LogP contribution in [0.4, 0.5) is 0 Å². The van der Waals surface area contributed by atoms with Crippen molar-refractivity contribution in [3.63, 3.8) is 0 Å². The predicted octanol–water partition coefficient (Wildman–Crippen LogP) is 2.36. The highest BCUT2D eigenvalue weighted by Gasteiger charge is 2.38. The topological polar surface area (TPSA) is 66.8 Å². The van der Waals surface area contributed by atoms with Gasteiger partial charge in [0.1, 0.15) is 5.75 Å². The van der Waals surface area contributed by atoms with Gasteiger partial charge >= 0.3 is 0 Å². The van der Waals surface area contributed by atoms with E-state index in [9.17, 15) is 14.7 Å². The van der Waals surface area contributed by atoms with Crippen LogP contribution in [0.3, 0.4) is 0 Å². The first-order valence-corrected chi connectivity index (χ1v) is 7.83. The molecule has 0 saturated heterocycles. The molecule has 1 fully saturated rings. The van der Waals surface area contributed by atoms with Crippen LogP contribution in [0.2, 0.25) is 0 Å². The standard InChI is InChI=1S/C18H17NO4/c20-9-11-8-14-17(13-5-2-1-4-12(11)13)23-10-19(18(14)22)15-6-3-7-16(15)21/h1-2,4-5,8-9,15-16,21H,3,6-7,10H2/t15-,16-/m0/s1. The van der Waals surface area contributed by atoms with Gasteiger partial charge in [0.05, 0.1) is 17.7 Å². The van der Waals surface area contributed by atoms with Crippen LogP contribution in [0.5, 0.6) is 5.75 Å². The zero-order valence-electron chi connectivity index (χ0n) is 12.6. The van der Waals surface area contributed by atoms with Crippen molar-refractivity contribution in [3.05, 3.63) is 41.5 Å². The maximum absolute atomic E-state index is 12.9. The molecular weight excluding hydrogens is 294 g/mol. The second kappa shape index (κ2) is 5.35. The van der Waals surface area contributed by atoms with Crippen LogP contribution in [0, 0.1) is 0 Å². The van der Waals surface area contributed by atoms with E-state index in [1.165, 1.54) is 0 Å². The highest BCUT2D eigenvalue weighted by molar-refractivity contribution is 6.09. The van der Waals surface area contributed by atoms with Gasteiger partial charge in [0.15, 0.2) is 13.0 Å². The van der Waals surface area contributed by atoms with Crippen molar-refractivity contribution in [1.29, 1.82) is 0 Å². The van der Waals surface area contributed by atoms with Gasteiger partial charge in [-0.05, 0) is 30.7 Å². The lowest BCUT2D eigenvalue weighted by molar-refractivity contribution is 0.0132. The minimum absolute atomic E-state index is 0.137. The first-order chi connectivity index (χ1) is 11.2. The van der Waals surface area contributed by atoms with Crippen molar-refractivity contribution in [3.8, 4) is 5.75 Å². The Balaban J connectivity index is 1.84. The number of aliphatic hydroxyl groups is 1. The van der Waals surface area contributed by atoms with E-state index >= 15 is 0 Å². The Labute approximate surface area is 133 Å². The highest BCUT2D eigenvalue weighted by atomic mass is 16.5. The number of benzene rings is 2. The summed E-state index contributed by atoms with van der Waals surface area (Å²) in [5, 5.41) is 11.6. The van der Waals surface area contributed by atoms with Gasteiger partial charge in [0, 0.05) is 10.9 Å². The summed E-state index contributed by atoms with van der Waals surface area (Å²) in [5.74, 6) is 0.353. The number of ether oxygens (including phenoxy) is 1. The number of nitrogens with zero attached hydrogens (tertiary/aromatic N) is 1. The minimum Gasteiger partial charge on any atom is -0.472 e. The number of aldehydes is 1. The second-order valence-electron chi connectivity index (χ2n) is 6.12. The van der Waals surface area contributed by atoms with Crippen molar-refractivity contribution in [2.45, 2.75) is 31.4 Å². The van der Waals surface area contributed by atoms with Crippen molar-refractivity contribution < 1.29 is 19.4 Å². The highest BCUT2D eigenvalue weighted by Crippen LogP contribution is 2.37. The monoisotopic (exact) mass is 311 g/mol. The molecule has 1 heterocycles. The fourth-order valence-corrected chi connectivity index (χ4v) is 3.67. The second-order valence-corrected chi connectivity index (χ2v) is 6.12. The number of aliphatic hydroxyl groups excluding tert-OH is 1. The van der Waals surface area contributed by atoms with Crippen LogP contribution >= 0.6 is 0 Å². The number of carbonyl (C=O) groups excluding carboxylic acids is 2. The Morgan fingerprint density at radius 1 is 1.22 bits per heavy atom. The van der Waals surface area contributed by atoms with Crippen molar-refractivity contribution in [2.24, 2.45) is 0 Å². The molecule has 1 amide bonds. The first-order valence-electron chi connectivity index (χ1n) is 7.83. The zero-order chi connectivity index (χ0) is 16.0.